The number of hydrogen-bond acceptors (Lipinski definition) is 3. The first kappa shape index (κ1) is 13.2. The molecule has 0 saturated heterocycles. The van der Waals surface area contributed by atoms with E-state index in [1.165, 1.54) is 0 Å². The summed E-state index contributed by atoms with van der Waals surface area (Å²) in [7, 11) is -1.53. The SMILES string of the molecule is CC(C)(C)c1cccc2c1oc1c(B(O)O)cccc12. The van der Waals surface area contributed by atoms with Crippen LogP contribution < -0.4 is 5.46 Å². The van der Waals surface area contributed by atoms with Gasteiger partial charge >= 0.3 is 7.12 Å². The van der Waals surface area contributed by atoms with Crippen molar-refractivity contribution in [1.82, 2.24) is 0 Å². The van der Waals surface area contributed by atoms with Crippen LogP contribution >= 0.6 is 0 Å². The third kappa shape index (κ3) is 1.92. The second-order valence-corrected chi connectivity index (χ2v) is 6.13. The van der Waals surface area contributed by atoms with Crippen LogP contribution in [0.2, 0.25) is 0 Å². The Hall–Kier alpha value is -1.78. The average molecular weight is 268 g/mol. The van der Waals surface area contributed by atoms with E-state index in [-0.39, 0.29) is 5.41 Å². The summed E-state index contributed by atoms with van der Waals surface area (Å²) in [5.41, 5.74) is 2.85. The Bertz CT molecular complexity index is 781. The average Bonchev–Trinajstić information content (AvgIpc) is 2.75. The molecule has 20 heavy (non-hydrogen) atoms. The van der Waals surface area contributed by atoms with Gasteiger partial charge in [-0.05, 0) is 5.41 Å². The fraction of sp³-hybridized carbons (Fsp3) is 0.250. The first-order valence-corrected chi connectivity index (χ1v) is 6.70. The van der Waals surface area contributed by atoms with E-state index in [2.05, 4.69) is 26.8 Å². The Balaban J connectivity index is 2.45. The molecule has 0 unspecified atom stereocenters. The van der Waals surface area contributed by atoms with E-state index >= 15 is 0 Å². The maximum Gasteiger partial charge on any atom is 0.492 e. The number of hydrogen-bond donors (Lipinski definition) is 2. The molecule has 3 rings (SSSR count). The Labute approximate surface area is 118 Å². The van der Waals surface area contributed by atoms with Crippen molar-refractivity contribution in [3.8, 4) is 0 Å². The molecule has 0 saturated carbocycles. The Morgan fingerprint density at radius 3 is 2.10 bits per heavy atom. The van der Waals surface area contributed by atoms with E-state index in [9.17, 15) is 10.0 Å². The Kier molecular flexibility index (Phi) is 2.89. The summed E-state index contributed by atoms with van der Waals surface area (Å²) in [6.45, 7) is 6.41. The maximum absolute atomic E-state index is 9.47. The van der Waals surface area contributed by atoms with Gasteiger partial charge in [0.1, 0.15) is 11.2 Å². The molecule has 0 bridgehead atoms. The van der Waals surface area contributed by atoms with Gasteiger partial charge in [-0.1, -0.05) is 57.2 Å². The van der Waals surface area contributed by atoms with Gasteiger partial charge < -0.3 is 14.5 Å². The zero-order chi connectivity index (χ0) is 14.5. The van der Waals surface area contributed by atoms with Gasteiger partial charge in [-0.3, -0.25) is 0 Å². The third-order valence-corrected chi connectivity index (χ3v) is 3.64. The Morgan fingerprint density at radius 2 is 1.50 bits per heavy atom. The van der Waals surface area contributed by atoms with Crippen molar-refractivity contribution >= 4 is 34.5 Å². The predicted octanol–water partition coefficient (Wildman–Crippen LogP) is 2.56. The zero-order valence-corrected chi connectivity index (χ0v) is 11.8. The van der Waals surface area contributed by atoms with E-state index in [1.54, 1.807) is 6.07 Å². The fourth-order valence-electron chi connectivity index (χ4n) is 2.64. The minimum atomic E-state index is -1.53. The lowest BCUT2D eigenvalue weighted by molar-refractivity contribution is 0.425. The van der Waals surface area contributed by atoms with Crippen molar-refractivity contribution in [2.45, 2.75) is 26.2 Å². The summed E-state index contributed by atoms with van der Waals surface area (Å²) >= 11 is 0. The fourth-order valence-corrected chi connectivity index (χ4v) is 2.64. The van der Waals surface area contributed by atoms with Crippen LogP contribution in [0.3, 0.4) is 0 Å². The highest BCUT2D eigenvalue weighted by Gasteiger charge is 2.23. The molecule has 1 aromatic heterocycles. The van der Waals surface area contributed by atoms with E-state index in [1.807, 2.05) is 24.3 Å². The molecule has 102 valence electrons. The van der Waals surface area contributed by atoms with Crippen LogP contribution in [-0.2, 0) is 5.41 Å². The predicted molar refractivity (Wildman–Crippen MR) is 82.2 cm³/mol. The van der Waals surface area contributed by atoms with Crippen molar-refractivity contribution in [2.24, 2.45) is 0 Å². The van der Waals surface area contributed by atoms with E-state index < -0.39 is 7.12 Å². The molecule has 1 heterocycles. The van der Waals surface area contributed by atoms with Crippen LogP contribution in [0.25, 0.3) is 21.9 Å². The molecular formula is C16H17BO3. The Morgan fingerprint density at radius 1 is 0.900 bits per heavy atom. The third-order valence-electron chi connectivity index (χ3n) is 3.64. The summed E-state index contributed by atoms with van der Waals surface area (Å²) in [6, 6.07) is 11.5. The van der Waals surface area contributed by atoms with Gasteiger partial charge in [-0.25, -0.2) is 0 Å². The molecular weight excluding hydrogens is 251 g/mol. The zero-order valence-electron chi connectivity index (χ0n) is 11.8. The van der Waals surface area contributed by atoms with Crippen LogP contribution in [0.15, 0.2) is 40.8 Å². The number of para-hydroxylation sites is 2. The van der Waals surface area contributed by atoms with Gasteiger partial charge in [-0.15, -0.1) is 0 Å². The maximum atomic E-state index is 9.47. The molecule has 0 radical (unpaired) electrons. The molecule has 3 nitrogen and oxygen atoms in total. The van der Waals surface area contributed by atoms with E-state index in [0.29, 0.717) is 11.0 Å². The summed E-state index contributed by atoms with van der Waals surface area (Å²) in [4.78, 5) is 0. The molecule has 0 aliphatic heterocycles. The standard InChI is InChI=1S/C16H17BO3/c1-16(2,3)12-8-4-6-10-11-7-5-9-13(17(18)19)15(11)20-14(10)12/h4-9,18-19H,1-3H3. The normalized spacial score (nSPS) is 12.2. The molecule has 3 aromatic rings. The molecule has 0 aliphatic carbocycles. The quantitative estimate of drug-likeness (QED) is 0.667. The molecule has 0 atom stereocenters. The number of furan rings is 1. The minimum absolute atomic E-state index is 0.0363. The van der Waals surface area contributed by atoms with Gasteiger partial charge in [0, 0.05) is 21.8 Å². The lowest BCUT2D eigenvalue weighted by Gasteiger charge is -2.18. The van der Waals surface area contributed by atoms with Gasteiger partial charge in [0.05, 0.1) is 0 Å². The highest BCUT2D eigenvalue weighted by atomic mass is 16.4. The highest BCUT2D eigenvalue weighted by molar-refractivity contribution is 6.61. The molecule has 0 amide bonds. The molecule has 2 aromatic carbocycles. The number of benzene rings is 2. The highest BCUT2D eigenvalue weighted by Crippen LogP contribution is 2.35. The van der Waals surface area contributed by atoms with Crippen LogP contribution in [0, 0.1) is 0 Å². The monoisotopic (exact) mass is 268 g/mol. The minimum Gasteiger partial charge on any atom is -0.456 e. The van der Waals surface area contributed by atoms with Crippen LogP contribution in [0.5, 0.6) is 0 Å². The van der Waals surface area contributed by atoms with Crippen LogP contribution in [0.4, 0.5) is 0 Å². The van der Waals surface area contributed by atoms with Crippen molar-refractivity contribution in [1.29, 1.82) is 0 Å². The molecule has 0 fully saturated rings. The van der Waals surface area contributed by atoms with Crippen LogP contribution in [0.1, 0.15) is 26.3 Å². The molecule has 0 aliphatic rings. The van der Waals surface area contributed by atoms with Gasteiger partial charge in [0.2, 0.25) is 0 Å². The lowest BCUT2D eigenvalue weighted by atomic mass is 9.79. The van der Waals surface area contributed by atoms with Gasteiger partial charge in [0.25, 0.3) is 0 Å². The second-order valence-electron chi connectivity index (χ2n) is 6.13. The first-order chi connectivity index (χ1) is 9.39. The number of rotatable bonds is 1. The summed E-state index contributed by atoms with van der Waals surface area (Å²) in [5, 5.41) is 20.9. The van der Waals surface area contributed by atoms with E-state index in [4.69, 9.17) is 4.42 Å². The smallest absolute Gasteiger partial charge is 0.456 e. The van der Waals surface area contributed by atoms with Crippen molar-refractivity contribution in [3.05, 3.63) is 42.0 Å². The van der Waals surface area contributed by atoms with Crippen LogP contribution in [-0.4, -0.2) is 17.2 Å². The molecule has 2 N–H and O–H groups in total. The van der Waals surface area contributed by atoms with Crippen molar-refractivity contribution in [2.75, 3.05) is 0 Å². The van der Waals surface area contributed by atoms with Gasteiger partial charge in [0.15, 0.2) is 0 Å². The number of fused-ring (bicyclic) bond motifs is 3. The lowest BCUT2D eigenvalue weighted by Crippen LogP contribution is -2.29. The molecule has 0 spiro atoms. The summed E-state index contributed by atoms with van der Waals surface area (Å²) in [5.74, 6) is 0. The summed E-state index contributed by atoms with van der Waals surface area (Å²) in [6.07, 6.45) is 0. The van der Waals surface area contributed by atoms with Gasteiger partial charge in [-0.2, -0.15) is 0 Å². The van der Waals surface area contributed by atoms with E-state index in [0.717, 1.165) is 21.9 Å². The topological polar surface area (TPSA) is 53.6 Å². The second kappa shape index (κ2) is 4.37. The first-order valence-electron chi connectivity index (χ1n) is 6.70. The molecule has 4 heteroatoms. The van der Waals surface area contributed by atoms with Crippen molar-refractivity contribution < 1.29 is 14.5 Å². The largest absolute Gasteiger partial charge is 0.492 e. The van der Waals surface area contributed by atoms with Crippen molar-refractivity contribution in [3.63, 3.8) is 0 Å². The summed E-state index contributed by atoms with van der Waals surface area (Å²) < 4.78 is 5.98.